The number of ether oxygens (including phenoxy) is 1. The van der Waals surface area contributed by atoms with Gasteiger partial charge in [-0.2, -0.15) is 0 Å². The van der Waals surface area contributed by atoms with Crippen LogP contribution < -0.4 is 5.73 Å². The van der Waals surface area contributed by atoms with Gasteiger partial charge in [0.1, 0.15) is 0 Å². The summed E-state index contributed by atoms with van der Waals surface area (Å²) in [4.78, 5) is 0. The molecule has 0 aliphatic heterocycles. The lowest BCUT2D eigenvalue weighted by molar-refractivity contribution is 0.127. The van der Waals surface area contributed by atoms with Crippen LogP contribution in [0.2, 0.25) is 0 Å². The highest BCUT2D eigenvalue weighted by molar-refractivity contribution is 4.78. The van der Waals surface area contributed by atoms with Crippen molar-refractivity contribution in [3.05, 3.63) is 0 Å². The van der Waals surface area contributed by atoms with E-state index in [1.165, 1.54) is 25.7 Å². The maximum Gasteiger partial charge on any atom is 0.0480 e. The topological polar surface area (TPSA) is 35.2 Å². The average molecular weight is 199 g/mol. The normalized spacial score (nSPS) is 30.2. The van der Waals surface area contributed by atoms with E-state index in [4.69, 9.17) is 10.5 Å². The molecule has 0 aromatic rings. The van der Waals surface area contributed by atoms with Crippen LogP contribution in [0.3, 0.4) is 0 Å². The summed E-state index contributed by atoms with van der Waals surface area (Å²) in [5, 5.41) is 0. The predicted octanol–water partition coefficient (Wildman–Crippen LogP) is 2.57. The van der Waals surface area contributed by atoms with Crippen molar-refractivity contribution in [3.63, 3.8) is 0 Å². The fraction of sp³-hybridized carbons (Fsp3) is 1.00. The van der Waals surface area contributed by atoms with E-state index < -0.39 is 0 Å². The highest BCUT2D eigenvalue weighted by Gasteiger charge is 2.23. The molecule has 1 atom stereocenters. The van der Waals surface area contributed by atoms with Crippen molar-refractivity contribution < 1.29 is 4.74 Å². The number of hydrogen-bond acceptors (Lipinski definition) is 2. The molecule has 1 saturated carbocycles. The van der Waals surface area contributed by atoms with Crippen LogP contribution in [0.4, 0.5) is 0 Å². The number of hydrogen-bond donors (Lipinski definition) is 1. The monoisotopic (exact) mass is 199 g/mol. The fourth-order valence-electron chi connectivity index (χ4n) is 2.31. The smallest absolute Gasteiger partial charge is 0.0480 e. The minimum Gasteiger partial charge on any atom is -0.382 e. The standard InChI is InChI=1S/C12H25NO/c1-3-14-9-8-12(13)11-6-4-10(2)5-7-11/h10-12H,3-9,13H2,1-2H3. The van der Waals surface area contributed by atoms with Crippen LogP contribution in [0, 0.1) is 11.8 Å². The predicted molar refractivity (Wildman–Crippen MR) is 60.2 cm³/mol. The number of rotatable bonds is 5. The van der Waals surface area contributed by atoms with Crippen molar-refractivity contribution in [1.29, 1.82) is 0 Å². The summed E-state index contributed by atoms with van der Waals surface area (Å²) < 4.78 is 5.34. The summed E-state index contributed by atoms with van der Waals surface area (Å²) in [7, 11) is 0. The fourth-order valence-corrected chi connectivity index (χ4v) is 2.31. The summed E-state index contributed by atoms with van der Waals surface area (Å²) in [6, 6.07) is 0.369. The molecule has 2 nitrogen and oxygen atoms in total. The van der Waals surface area contributed by atoms with Crippen molar-refractivity contribution in [3.8, 4) is 0 Å². The van der Waals surface area contributed by atoms with E-state index in [1.54, 1.807) is 0 Å². The Morgan fingerprint density at radius 1 is 1.29 bits per heavy atom. The molecule has 1 aliphatic carbocycles. The van der Waals surface area contributed by atoms with Gasteiger partial charge in [-0.25, -0.2) is 0 Å². The van der Waals surface area contributed by atoms with E-state index in [0.717, 1.165) is 31.5 Å². The Morgan fingerprint density at radius 3 is 2.50 bits per heavy atom. The van der Waals surface area contributed by atoms with Gasteiger partial charge in [0, 0.05) is 19.3 Å². The second-order valence-electron chi connectivity index (χ2n) is 4.67. The van der Waals surface area contributed by atoms with Crippen LogP contribution in [0.25, 0.3) is 0 Å². The van der Waals surface area contributed by atoms with Crippen LogP contribution in [0.5, 0.6) is 0 Å². The van der Waals surface area contributed by atoms with Gasteiger partial charge in [0.15, 0.2) is 0 Å². The first-order chi connectivity index (χ1) is 6.74. The zero-order chi connectivity index (χ0) is 10.4. The summed E-state index contributed by atoms with van der Waals surface area (Å²) >= 11 is 0. The van der Waals surface area contributed by atoms with E-state index in [-0.39, 0.29) is 0 Å². The maximum absolute atomic E-state index is 6.15. The molecular weight excluding hydrogens is 174 g/mol. The van der Waals surface area contributed by atoms with Crippen LogP contribution >= 0.6 is 0 Å². The Balaban J connectivity index is 2.13. The molecule has 1 aliphatic rings. The van der Waals surface area contributed by atoms with Gasteiger partial charge >= 0.3 is 0 Å². The molecule has 0 radical (unpaired) electrons. The molecule has 0 spiro atoms. The van der Waals surface area contributed by atoms with Crippen molar-refractivity contribution in [2.24, 2.45) is 17.6 Å². The summed E-state index contributed by atoms with van der Waals surface area (Å²) in [5.74, 6) is 1.68. The first-order valence-corrected chi connectivity index (χ1v) is 6.07. The Hall–Kier alpha value is -0.0800. The van der Waals surface area contributed by atoms with Gasteiger partial charge in [0.25, 0.3) is 0 Å². The molecule has 14 heavy (non-hydrogen) atoms. The largest absolute Gasteiger partial charge is 0.382 e. The Kier molecular flexibility index (Phi) is 5.49. The maximum atomic E-state index is 6.15. The van der Waals surface area contributed by atoms with E-state index in [9.17, 15) is 0 Å². The van der Waals surface area contributed by atoms with Gasteiger partial charge in [-0.1, -0.05) is 19.8 Å². The molecule has 0 heterocycles. The van der Waals surface area contributed by atoms with Gasteiger partial charge in [-0.15, -0.1) is 0 Å². The van der Waals surface area contributed by atoms with Crippen LogP contribution in [0.1, 0.15) is 46.0 Å². The second-order valence-corrected chi connectivity index (χ2v) is 4.67. The Morgan fingerprint density at radius 2 is 1.93 bits per heavy atom. The van der Waals surface area contributed by atoms with Gasteiger partial charge in [0.05, 0.1) is 0 Å². The van der Waals surface area contributed by atoms with Gasteiger partial charge in [-0.3, -0.25) is 0 Å². The summed E-state index contributed by atoms with van der Waals surface area (Å²) in [6.07, 6.45) is 6.43. The van der Waals surface area contributed by atoms with Crippen molar-refractivity contribution >= 4 is 0 Å². The Bertz CT molecular complexity index is 141. The highest BCUT2D eigenvalue weighted by Crippen LogP contribution is 2.30. The lowest BCUT2D eigenvalue weighted by Gasteiger charge is -2.30. The summed E-state index contributed by atoms with van der Waals surface area (Å²) in [6.45, 7) is 6.04. The molecule has 1 unspecified atom stereocenters. The second kappa shape index (κ2) is 6.41. The molecule has 0 saturated heterocycles. The molecule has 0 amide bonds. The first-order valence-electron chi connectivity index (χ1n) is 6.07. The molecule has 0 aromatic heterocycles. The van der Waals surface area contributed by atoms with Crippen LogP contribution in [-0.2, 0) is 4.74 Å². The minimum atomic E-state index is 0.369. The van der Waals surface area contributed by atoms with E-state index >= 15 is 0 Å². The molecule has 1 rings (SSSR count). The van der Waals surface area contributed by atoms with Gasteiger partial charge in [0.2, 0.25) is 0 Å². The third-order valence-electron chi connectivity index (χ3n) is 3.47. The highest BCUT2D eigenvalue weighted by atomic mass is 16.5. The van der Waals surface area contributed by atoms with E-state index in [0.29, 0.717) is 6.04 Å². The van der Waals surface area contributed by atoms with Crippen molar-refractivity contribution in [1.82, 2.24) is 0 Å². The first kappa shape index (κ1) is 12.0. The van der Waals surface area contributed by atoms with Crippen LogP contribution in [-0.4, -0.2) is 19.3 Å². The van der Waals surface area contributed by atoms with Gasteiger partial charge in [-0.05, 0) is 38.0 Å². The quantitative estimate of drug-likeness (QED) is 0.691. The Labute approximate surface area is 88.2 Å². The lowest BCUT2D eigenvalue weighted by atomic mass is 9.79. The van der Waals surface area contributed by atoms with Crippen molar-refractivity contribution in [2.45, 2.75) is 52.0 Å². The summed E-state index contributed by atoms with van der Waals surface area (Å²) in [5.41, 5.74) is 6.15. The molecule has 2 heteroatoms. The van der Waals surface area contributed by atoms with Crippen molar-refractivity contribution in [2.75, 3.05) is 13.2 Å². The lowest BCUT2D eigenvalue weighted by Crippen LogP contribution is -2.33. The third kappa shape index (κ3) is 3.97. The minimum absolute atomic E-state index is 0.369. The molecule has 0 bridgehead atoms. The van der Waals surface area contributed by atoms with E-state index in [1.807, 2.05) is 6.92 Å². The molecule has 1 fully saturated rings. The molecular formula is C12H25NO. The average Bonchev–Trinajstić information content (AvgIpc) is 2.19. The van der Waals surface area contributed by atoms with Gasteiger partial charge < -0.3 is 10.5 Å². The molecule has 84 valence electrons. The van der Waals surface area contributed by atoms with Crippen LogP contribution in [0.15, 0.2) is 0 Å². The molecule has 0 aromatic carbocycles. The third-order valence-corrected chi connectivity index (χ3v) is 3.47. The SMILES string of the molecule is CCOCCC(N)C1CCC(C)CC1. The molecule has 2 N–H and O–H groups in total. The zero-order valence-electron chi connectivity index (χ0n) is 9.67. The zero-order valence-corrected chi connectivity index (χ0v) is 9.67. The van der Waals surface area contributed by atoms with E-state index in [2.05, 4.69) is 6.92 Å². The number of nitrogens with two attached hydrogens (primary N) is 1.